The number of carbonyl (C=O) groups excluding carboxylic acids is 1. The van der Waals surface area contributed by atoms with Crippen LogP contribution in [0.2, 0.25) is 0 Å². The minimum atomic E-state index is 0.355. The second-order valence-electron chi connectivity index (χ2n) is 4.59. The summed E-state index contributed by atoms with van der Waals surface area (Å²) in [5, 5.41) is 0. The molecule has 1 atom stereocenters. The first-order valence-electron chi connectivity index (χ1n) is 4.89. The maximum Gasteiger partial charge on any atom is 0.223 e. The lowest BCUT2D eigenvalue weighted by atomic mass is 9.61. The second-order valence-corrected chi connectivity index (χ2v) is 4.59. The zero-order valence-corrected chi connectivity index (χ0v) is 7.97. The Hall–Kier alpha value is -0.530. The minimum Gasteiger partial charge on any atom is -0.343 e. The number of likely N-dealkylation sites (tertiary alicyclic amines) is 1. The fourth-order valence-electron chi connectivity index (χ4n) is 2.58. The molecular weight excluding hydrogens is 150 g/mol. The number of hydrogen-bond acceptors (Lipinski definition) is 1. The van der Waals surface area contributed by atoms with Crippen LogP contribution >= 0.6 is 0 Å². The van der Waals surface area contributed by atoms with E-state index in [0.29, 0.717) is 17.4 Å². The molecule has 0 aromatic heterocycles. The first-order chi connectivity index (χ1) is 5.63. The van der Waals surface area contributed by atoms with Crippen LogP contribution in [-0.4, -0.2) is 23.9 Å². The van der Waals surface area contributed by atoms with Crippen molar-refractivity contribution in [2.24, 2.45) is 5.41 Å². The van der Waals surface area contributed by atoms with Crippen LogP contribution in [0.15, 0.2) is 0 Å². The smallest absolute Gasteiger partial charge is 0.223 e. The Morgan fingerprint density at radius 1 is 1.50 bits per heavy atom. The molecule has 0 bridgehead atoms. The third-order valence-corrected chi connectivity index (χ3v) is 3.72. The van der Waals surface area contributed by atoms with E-state index in [4.69, 9.17) is 0 Å². The van der Waals surface area contributed by atoms with Crippen LogP contribution < -0.4 is 0 Å². The molecule has 0 aromatic carbocycles. The van der Waals surface area contributed by atoms with Crippen molar-refractivity contribution < 1.29 is 4.79 Å². The van der Waals surface area contributed by atoms with Crippen molar-refractivity contribution in [1.29, 1.82) is 0 Å². The van der Waals surface area contributed by atoms with Gasteiger partial charge in [-0.25, -0.2) is 0 Å². The zero-order chi connectivity index (χ0) is 8.77. The molecule has 0 N–H and O–H groups in total. The summed E-state index contributed by atoms with van der Waals surface area (Å²) < 4.78 is 0. The van der Waals surface area contributed by atoms with E-state index in [-0.39, 0.29) is 0 Å². The lowest BCUT2D eigenvalue weighted by Crippen LogP contribution is -2.49. The number of rotatable bonds is 0. The van der Waals surface area contributed by atoms with E-state index in [1.54, 1.807) is 0 Å². The average Bonchev–Trinajstić information content (AvgIpc) is 1.96. The third kappa shape index (κ3) is 1.05. The quantitative estimate of drug-likeness (QED) is 0.538. The highest BCUT2D eigenvalue weighted by Gasteiger charge is 2.44. The molecule has 1 unspecified atom stereocenters. The number of nitrogens with zero attached hydrogens (tertiary/aromatic N) is 1. The normalized spacial score (nSPS) is 33.7. The van der Waals surface area contributed by atoms with Gasteiger partial charge in [-0.2, -0.15) is 0 Å². The summed E-state index contributed by atoms with van der Waals surface area (Å²) in [6.07, 6.45) is 5.96. The Morgan fingerprint density at radius 2 is 2.17 bits per heavy atom. The van der Waals surface area contributed by atoms with E-state index in [9.17, 15) is 4.79 Å². The molecule has 1 spiro atoms. The third-order valence-electron chi connectivity index (χ3n) is 3.72. The van der Waals surface area contributed by atoms with Crippen LogP contribution in [-0.2, 0) is 4.79 Å². The van der Waals surface area contributed by atoms with Crippen molar-refractivity contribution >= 4 is 5.91 Å². The van der Waals surface area contributed by atoms with E-state index in [1.165, 1.54) is 25.7 Å². The topological polar surface area (TPSA) is 20.3 Å². The number of carbonyl (C=O) groups is 1. The van der Waals surface area contributed by atoms with Gasteiger partial charge in [0.25, 0.3) is 0 Å². The van der Waals surface area contributed by atoms with Gasteiger partial charge in [0.2, 0.25) is 5.91 Å². The molecule has 2 nitrogen and oxygen atoms in total. The molecule has 12 heavy (non-hydrogen) atoms. The van der Waals surface area contributed by atoms with Crippen LogP contribution in [0, 0.1) is 5.41 Å². The standard InChI is InChI=1S/C10H17NO/c1-8-6-10(4-3-5-10)7-9(12)11(8)2/h8H,3-7H2,1-2H3. The van der Waals surface area contributed by atoms with E-state index in [1.807, 2.05) is 11.9 Å². The van der Waals surface area contributed by atoms with Gasteiger partial charge < -0.3 is 4.90 Å². The summed E-state index contributed by atoms with van der Waals surface area (Å²) in [7, 11) is 1.93. The second kappa shape index (κ2) is 2.48. The van der Waals surface area contributed by atoms with Crippen molar-refractivity contribution in [2.75, 3.05) is 7.05 Å². The summed E-state index contributed by atoms with van der Waals surface area (Å²) >= 11 is 0. The summed E-state index contributed by atoms with van der Waals surface area (Å²) in [4.78, 5) is 13.4. The number of hydrogen-bond donors (Lipinski definition) is 0. The highest BCUT2D eigenvalue weighted by Crippen LogP contribution is 2.50. The molecular formula is C10H17NO. The monoisotopic (exact) mass is 167 g/mol. The largest absolute Gasteiger partial charge is 0.343 e. The Labute approximate surface area is 73.9 Å². The number of amides is 1. The SMILES string of the molecule is CC1CC2(CCC2)CC(=O)N1C. The van der Waals surface area contributed by atoms with Crippen molar-refractivity contribution in [3.05, 3.63) is 0 Å². The van der Waals surface area contributed by atoms with Gasteiger partial charge in [-0.05, 0) is 31.6 Å². The molecule has 68 valence electrons. The summed E-state index contributed by atoms with van der Waals surface area (Å²) in [5.41, 5.74) is 0.434. The first-order valence-corrected chi connectivity index (χ1v) is 4.89. The molecule has 1 amide bonds. The van der Waals surface area contributed by atoms with E-state index >= 15 is 0 Å². The molecule has 2 heteroatoms. The summed E-state index contributed by atoms with van der Waals surface area (Å²) in [5.74, 6) is 0.355. The van der Waals surface area contributed by atoms with Crippen LogP contribution in [0.1, 0.15) is 39.0 Å². The molecule has 2 aliphatic rings. The molecule has 0 aromatic rings. The van der Waals surface area contributed by atoms with Gasteiger partial charge in [0.05, 0.1) is 0 Å². The van der Waals surface area contributed by atoms with Crippen LogP contribution in [0.25, 0.3) is 0 Å². The Morgan fingerprint density at radius 3 is 2.58 bits per heavy atom. The fourth-order valence-corrected chi connectivity index (χ4v) is 2.58. The molecule has 1 aliphatic heterocycles. The lowest BCUT2D eigenvalue weighted by Gasteiger charge is -2.49. The van der Waals surface area contributed by atoms with E-state index in [2.05, 4.69) is 6.92 Å². The first kappa shape index (κ1) is 8.09. The Bertz CT molecular complexity index is 208. The van der Waals surface area contributed by atoms with Crippen LogP contribution in [0.4, 0.5) is 0 Å². The zero-order valence-electron chi connectivity index (χ0n) is 7.97. The number of piperidine rings is 1. The molecule has 2 fully saturated rings. The minimum absolute atomic E-state index is 0.355. The highest BCUT2D eigenvalue weighted by molar-refractivity contribution is 5.78. The lowest BCUT2D eigenvalue weighted by molar-refractivity contribution is -0.143. The predicted molar refractivity (Wildman–Crippen MR) is 47.8 cm³/mol. The summed E-state index contributed by atoms with van der Waals surface area (Å²) in [6.45, 7) is 2.16. The van der Waals surface area contributed by atoms with Gasteiger partial charge in [-0.15, -0.1) is 0 Å². The van der Waals surface area contributed by atoms with Crippen molar-refractivity contribution in [2.45, 2.75) is 45.1 Å². The predicted octanol–water partition coefficient (Wildman–Crippen LogP) is 1.80. The highest BCUT2D eigenvalue weighted by atomic mass is 16.2. The Balaban J connectivity index is 2.10. The van der Waals surface area contributed by atoms with Crippen LogP contribution in [0.5, 0.6) is 0 Å². The molecule has 2 rings (SSSR count). The fraction of sp³-hybridized carbons (Fsp3) is 0.900. The van der Waals surface area contributed by atoms with Gasteiger partial charge in [0.1, 0.15) is 0 Å². The molecule has 1 saturated carbocycles. The molecule has 1 aliphatic carbocycles. The van der Waals surface area contributed by atoms with Crippen LogP contribution in [0.3, 0.4) is 0 Å². The molecule has 1 heterocycles. The maximum atomic E-state index is 11.5. The van der Waals surface area contributed by atoms with Gasteiger partial charge in [0.15, 0.2) is 0 Å². The van der Waals surface area contributed by atoms with Gasteiger partial charge in [0, 0.05) is 19.5 Å². The molecule has 0 radical (unpaired) electrons. The maximum absolute atomic E-state index is 11.5. The average molecular weight is 167 g/mol. The van der Waals surface area contributed by atoms with Gasteiger partial charge in [-0.3, -0.25) is 4.79 Å². The van der Waals surface area contributed by atoms with E-state index in [0.717, 1.165) is 6.42 Å². The summed E-state index contributed by atoms with van der Waals surface area (Å²) in [6, 6.07) is 0.464. The van der Waals surface area contributed by atoms with Gasteiger partial charge in [-0.1, -0.05) is 6.42 Å². The van der Waals surface area contributed by atoms with E-state index < -0.39 is 0 Å². The van der Waals surface area contributed by atoms with Crippen molar-refractivity contribution in [1.82, 2.24) is 4.90 Å². The van der Waals surface area contributed by atoms with Crippen molar-refractivity contribution in [3.63, 3.8) is 0 Å². The van der Waals surface area contributed by atoms with Crippen molar-refractivity contribution in [3.8, 4) is 0 Å². The molecule has 1 saturated heterocycles. The Kier molecular flexibility index (Phi) is 1.67. The van der Waals surface area contributed by atoms with Gasteiger partial charge >= 0.3 is 0 Å².